The predicted octanol–water partition coefficient (Wildman–Crippen LogP) is 0.225. The SMILES string of the molecule is COOC(=O)C(CN1CCOCC1)Cn1oc(C)cc1=O.Cl. The number of hydrogen-bond donors (Lipinski definition) is 0. The van der Waals surface area contributed by atoms with Crippen molar-refractivity contribution in [2.45, 2.75) is 13.5 Å². The second-order valence-electron chi connectivity index (χ2n) is 4.92. The standard InChI is InChI=1S/C13H20N2O6.ClH/c1-10-7-12(16)15(20-10)9-11(13(17)21-18-2)8-14-3-5-19-6-4-14;/h7,11H,3-6,8-9H2,1-2H3;1H. The van der Waals surface area contributed by atoms with Crippen molar-refractivity contribution in [1.29, 1.82) is 0 Å². The van der Waals surface area contributed by atoms with Gasteiger partial charge < -0.3 is 9.26 Å². The first kappa shape index (κ1) is 18.7. The Morgan fingerprint density at radius 3 is 2.59 bits per heavy atom. The molecule has 0 radical (unpaired) electrons. The van der Waals surface area contributed by atoms with Crippen molar-refractivity contribution in [3.8, 4) is 0 Å². The van der Waals surface area contributed by atoms with Crippen LogP contribution in [0.25, 0.3) is 0 Å². The van der Waals surface area contributed by atoms with Gasteiger partial charge in [0.2, 0.25) is 0 Å². The van der Waals surface area contributed by atoms with Crippen molar-refractivity contribution in [3.63, 3.8) is 0 Å². The molecule has 0 aliphatic carbocycles. The molecule has 9 heteroatoms. The van der Waals surface area contributed by atoms with Crippen molar-refractivity contribution >= 4 is 18.4 Å². The minimum absolute atomic E-state index is 0. The number of carbonyl (C=O) groups is 1. The van der Waals surface area contributed by atoms with Crippen LogP contribution in [0.1, 0.15) is 5.76 Å². The Kier molecular flexibility index (Phi) is 7.60. The Labute approximate surface area is 134 Å². The van der Waals surface area contributed by atoms with Crippen LogP contribution in [0.15, 0.2) is 15.4 Å². The number of carbonyl (C=O) groups excluding carboxylic acids is 1. The minimum atomic E-state index is -0.550. The van der Waals surface area contributed by atoms with Crippen LogP contribution in [0.4, 0.5) is 0 Å². The maximum atomic E-state index is 12.0. The van der Waals surface area contributed by atoms with Crippen LogP contribution < -0.4 is 5.56 Å². The van der Waals surface area contributed by atoms with Crippen LogP contribution in [-0.4, -0.2) is 55.6 Å². The first-order valence-electron chi connectivity index (χ1n) is 6.82. The van der Waals surface area contributed by atoms with E-state index in [1.165, 1.54) is 13.2 Å². The number of morpholine rings is 1. The van der Waals surface area contributed by atoms with Gasteiger partial charge in [-0.1, -0.05) is 0 Å². The molecule has 1 aromatic heterocycles. The number of rotatable bonds is 6. The summed E-state index contributed by atoms with van der Waals surface area (Å²) in [6.45, 7) is 5.00. The van der Waals surface area contributed by atoms with E-state index in [1.807, 2.05) is 0 Å². The zero-order chi connectivity index (χ0) is 15.2. The van der Waals surface area contributed by atoms with Crippen molar-refractivity contribution < 1.29 is 23.8 Å². The molecule has 1 aromatic rings. The highest BCUT2D eigenvalue weighted by atomic mass is 35.5. The maximum Gasteiger partial charge on any atom is 0.348 e. The normalized spacial score (nSPS) is 16.8. The second kappa shape index (κ2) is 8.94. The highest BCUT2D eigenvalue weighted by Gasteiger charge is 2.27. The van der Waals surface area contributed by atoms with E-state index in [9.17, 15) is 9.59 Å². The average molecular weight is 337 g/mol. The summed E-state index contributed by atoms with van der Waals surface area (Å²) in [7, 11) is 1.27. The molecule has 0 amide bonds. The number of ether oxygens (including phenoxy) is 1. The van der Waals surface area contributed by atoms with Gasteiger partial charge in [0.15, 0.2) is 0 Å². The van der Waals surface area contributed by atoms with Gasteiger partial charge in [-0.2, -0.15) is 9.63 Å². The van der Waals surface area contributed by atoms with E-state index in [1.54, 1.807) is 6.92 Å². The molecular formula is C13H21ClN2O6. The molecular weight excluding hydrogens is 316 g/mol. The average Bonchev–Trinajstić information content (AvgIpc) is 2.77. The quantitative estimate of drug-likeness (QED) is 0.543. The van der Waals surface area contributed by atoms with Gasteiger partial charge in [0, 0.05) is 25.7 Å². The molecule has 2 heterocycles. The zero-order valence-corrected chi connectivity index (χ0v) is 13.5. The third-order valence-corrected chi connectivity index (χ3v) is 3.29. The van der Waals surface area contributed by atoms with Gasteiger partial charge in [-0.3, -0.25) is 14.6 Å². The summed E-state index contributed by atoms with van der Waals surface area (Å²) < 4.78 is 11.7. The van der Waals surface area contributed by atoms with Crippen molar-refractivity contribution in [2.24, 2.45) is 5.92 Å². The van der Waals surface area contributed by atoms with E-state index >= 15 is 0 Å². The lowest BCUT2D eigenvalue weighted by Gasteiger charge is -2.29. The number of hydrogen-bond acceptors (Lipinski definition) is 7. The Balaban J connectivity index is 0.00000242. The molecule has 0 spiro atoms. The monoisotopic (exact) mass is 336 g/mol. The predicted molar refractivity (Wildman–Crippen MR) is 78.8 cm³/mol. The molecule has 1 fully saturated rings. The van der Waals surface area contributed by atoms with Crippen LogP contribution in [0.2, 0.25) is 0 Å². The second-order valence-corrected chi connectivity index (χ2v) is 4.92. The largest absolute Gasteiger partial charge is 0.381 e. The smallest absolute Gasteiger partial charge is 0.348 e. The third kappa shape index (κ3) is 5.13. The molecule has 0 N–H and O–H groups in total. The Morgan fingerprint density at radius 2 is 2.05 bits per heavy atom. The first-order valence-corrected chi connectivity index (χ1v) is 6.82. The van der Waals surface area contributed by atoms with Crippen LogP contribution in [0, 0.1) is 12.8 Å². The molecule has 0 bridgehead atoms. The van der Waals surface area contributed by atoms with Crippen molar-refractivity contribution in [2.75, 3.05) is 40.0 Å². The van der Waals surface area contributed by atoms with Gasteiger partial charge in [-0.15, -0.1) is 12.4 Å². The van der Waals surface area contributed by atoms with Crippen molar-refractivity contribution in [1.82, 2.24) is 9.64 Å². The van der Waals surface area contributed by atoms with Crippen molar-refractivity contribution in [3.05, 3.63) is 22.2 Å². The van der Waals surface area contributed by atoms with Crippen LogP contribution in [-0.2, 0) is 25.9 Å². The number of aryl methyl sites for hydroxylation is 1. The van der Waals surface area contributed by atoms with Gasteiger partial charge in [-0.25, -0.2) is 4.79 Å². The fraction of sp³-hybridized carbons (Fsp3) is 0.692. The summed E-state index contributed by atoms with van der Waals surface area (Å²) in [5.41, 5.74) is -0.273. The maximum absolute atomic E-state index is 12.0. The van der Waals surface area contributed by atoms with Crippen LogP contribution in [0.5, 0.6) is 0 Å². The molecule has 0 saturated carbocycles. The lowest BCUT2D eigenvalue weighted by molar-refractivity contribution is -0.260. The van der Waals surface area contributed by atoms with E-state index in [4.69, 9.17) is 9.26 Å². The number of nitrogens with zero attached hydrogens (tertiary/aromatic N) is 2. The molecule has 1 aliphatic rings. The summed E-state index contributed by atoms with van der Waals surface area (Å²) >= 11 is 0. The summed E-state index contributed by atoms with van der Waals surface area (Å²) in [6.07, 6.45) is 0. The van der Waals surface area contributed by atoms with E-state index in [0.717, 1.165) is 17.8 Å². The molecule has 0 aromatic carbocycles. The molecule has 1 aliphatic heterocycles. The molecule has 1 atom stereocenters. The van der Waals surface area contributed by atoms with Crippen LogP contribution >= 0.6 is 12.4 Å². The minimum Gasteiger partial charge on any atom is -0.381 e. The summed E-state index contributed by atoms with van der Waals surface area (Å²) in [6, 6.07) is 1.38. The zero-order valence-electron chi connectivity index (χ0n) is 12.6. The summed E-state index contributed by atoms with van der Waals surface area (Å²) in [4.78, 5) is 34.8. The topological polar surface area (TPSA) is 83.1 Å². The van der Waals surface area contributed by atoms with Gasteiger partial charge in [-0.05, 0) is 6.92 Å². The van der Waals surface area contributed by atoms with Gasteiger partial charge >= 0.3 is 5.97 Å². The Bertz CT molecular complexity index is 523. The molecule has 1 saturated heterocycles. The summed E-state index contributed by atoms with van der Waals surface area (Å²) in [5.74, 6) is -0.568. The Morgan fingerprint density at radius 1 is 1.36 bits per heavy atom. The third-order valence-electron chi connectivity index (χ3n) is 3.29. The number of aromatic nitrogens is 1. The highest BCUT2D eigenvalue weighted by molar-refractivity contribution is 5.85. The van der Waals surface area contributed by atoms with Gasteiger partial charge in [0.25, 0.3) is 5.56 Å². The molecule has 1 unspecified atom stereocenters. The lowest BCUT2D eigenvalue weighted by Crippen LogP contribution is -2.43. The van der Waals surface area contributed by atoms with E-state index in [0.29, 0.717) is 25.5 Å². The fourth-order valence-electron chi connectivity index (χ4n) is 2.27. The number of halogens is 1. The fourth-order valence-corrected chi connectivity index (χ4v) is 2.27. The van der Waals surface area contributed by atoms with Crippen LogP contribution in [0.3, 0.4) is 0 Å². The van der Waals surface area contributed by atoms with E-state index in [2.05, 4.69) is 14.7 Å². The van der Waals surface area contributed by atoms with E-state index < -0.39 is 11.9 Å². The molecule has 2 rings (SSSR count). The van der Waals surface area contributed by atoms with E-state index in [-0.39, 0.29) is 24.5 Å². The first-order chi connectivity index (χ1) is 10.1. The molecule has 126 valence electrons. The Hall–Kier alpha value is -1.35. The van der Waals surface area contributed by atoms with Gasteiger partial charge in [0.1, 0.15) is 5.76 Å². The highest BCUT2D eigenvalue weighted by Crippen LogP contribution is 2.09. The molecule has 22 heavy (non-hydrogen) atoms. The molecule has 8 nitrogen and oxygen atoms in total. The summed E-state index contributed by atoms with van der Waals surface area (Å²) in [5, 5.41) is 0. The lowest BCUT2D eigenvalue weighted by atomic mass is 10.1. The van der Waals surface area contributed by atoms with Gasteiger partial charge in [0.05, 0.1) is 32.8 Å².